The smallest absolute Gasteiger partial charge is 0.251 e. The Hall–Kier alpha value is -1.61. The van der Waals surface area contributed by atoms with Crippen molar-refractivity contribution in [3.05, 3.63) is 33.2 Å². The van der Waals surface area contributed by atoms with Crippen molar-refractivity contribution in [3.63, 3.8) is 0 Å². The molecule has 2 rings (SSSR count). The molecular weight excluding hydrogens is 310 g/mol. The van der Waals surface area contributed by atoms with E-state index >= 15 is 0 Å². The highest BCUT2D eigenvalue weighted by molar-refractivity contribution is 9.10. The summed E-state index contributed by atoms with van der Waals surface area (Å²) in [5.41, 5.74) is -0.191. The highest BCUT2D eigenvalue weighted by atomic mass is 79.9. The Morgan fingerprint density at radius 3 is 2.74 bits per heavy atom. The van der Waals surface area contributed by atoms with Gasteiger partial charge in [-0.05, 0) is 34.8 Å². The summed E-state index contributed by atoms with van der Waals surface area (Å²) in [6.45, 7) is 1.25. The predicted molar refractivity (Wildman–Crippen MR) is 73.3 cm³/mol. The number of nitrogens with zero attached hydrogens (tertiary/aromatic N) is 3. The second kappa shape index (κ2) is 6.02. The molecule has 100 valence electrons. The molecule has 1 aliphatic rings. The number of amides is 1. The lowest BCUT2D eigenvalue weighted by atomic mass is 9.99. The average Bonchev–Trinajstić information content (AvgIpc) is 2.43. The van der Waals surface area contributed by atoms with Crippen molar-refractivity contribution in [2.75, 3.05) is 13.1 Å². The molecule has 1 aromatic rings. The van der Waals surface area contributed by atoms with E-state index in [1.807, 2.05) is 0 Å². The molecule has 1 saturated heterocycles. The number of likely N-dealkylation sites (tertiary alicyclic amines) is 1. The number of pyridine rings is 1. The van der Waals surface area contributed by atoms with E-state index in [2.05, 4.69) is 22.0 Å². The van der Waals surface area contributed by atoms with Gasteiger partial charge in [-0.25, -0.2) is 0 Å². The van der Waals surface area contributed by atoms with E-state index in [0.717, 1.165) is 17.3 Å². The number of rotatable bonds is 2. The number of piperidine rings is 1. The Morgan fingerprint density at radius 1 is 1.42 bits per heavy atom. The highest BCUT2D eigenvalue weighted by Gasteiger charge is 2.22. The number of hydrogen-bond acceptors (Lipinski definition) is 3. The molecule has 0 unspecified atom stereocenters. The van der Waals surface area contributed by atoms with Gasteiger partial charge >= 0.3 is 0 Å². The van der Waals surface area contributed by atoms with Crippen molar-refractivity contribution in [1.29, 1.82) is 5.26 Å². The van der Waals surface area contributed by atoms with Crippen LogP contribution in [0.15, 0.2) is 27.6 Å². The van der Waals surface area contributed by atoms with Gasteiger partial charge in [0.15, 0.2) is 0 Å². The minimum atomic E-state index is -0.191. The zero-order chi connectivity index (χ0) is 13.8. The van der Waals surface area contributed by atoms with Crippen molar-refractivity contribution in [2.24, 2.45) is 5.92 Å². The third kappa shape index (κ3) is 3.44. The van der Waals surface area contributed by atoms with Crippen molar-refractivity contribution >= 4 is 21.8 Å². The first kappa shape index (κ1) is 13.8. The van der Waals surface area contributed by atoms with Gasteiger partial charge in [0.05, 0.1) is 6.07 Å². The van der Waals surface area contributed by atoms with E-state index in [1.165, 1.54) is 10.6 Å². The molecule has 0 N–H and O–H groups in total. The molecule has 0 bridgehead atoms. The molecule has 0 aliphatic carbocycles. The van der Waals surface area contributed by atoms with Crippen LogP contribution in [0.25, 0.3) is 0 Å². The molecule has 1 aromatic heterocycles. The van der Waals surface area contributed by atoms with Crippen LogP contribution >= 0.6 is 15.9 Å². The predicted octanol–water partition coefficient (Wildman–Crippen LogP) is 1.37. The number of carbonyl (C=O) groups excluding carboxylic acids is 1. The Morgan fingerprint density at radius 2 is 2.11 bits per heavy atom. The fourth-order valence-corrected chi connectivity index (χ4v) is 2.51. The maximum absolute atomic E-state index is 12.1. The van der Waals surface area contributed by atoms with Crippen LogP contribution in [0, 0.1) is 17.2 Å². The Balaban J connectivity index is 2.00. The monoisotopic (exact) mass is 323 g/mol. The molecule has 19 heavy (non-hydrogen) atoms. The van der Waals surface area contributed by atoms with Crippen LogP contribution in [0.3, 0.4) is 0 Å². The molecule has 0 atom stereocenters. The van der Waals surface area contributed by atoms with E-state index in [0.29, 0.717) is 13.1 Å². The van der Waals surface area contributed by atoms with E-state index in [1.54, 1.807) is 17.2 Å². The van der Waals surface area contributed by atoms with Crippen molar-refractivity contribution < 1.29 is 4.79 Å². The Labute approximate surface area is 119 Å². The van der Waals surface area contributed by atoms with Crippen LogP contribution in [0.4, 0.5) is 0 Å². The van der Waals surface area contributed by atoms with E-state index in [4.69, 9.17) is 5.26 Å². The van der Waals surface area contributed by atoms with Gasteiger partial charge in [0.25, 0.3) is 5.56 Å². The molecule has 0 radical (unpaired) electrons. The molecule has 0 aromatic carbocycles. The van der Waals surface area contributed by atoms with Crippen LogP contribution in [0.1, 0.15) is 12.8 Å². The fourth-order valence-electron chi connectivity index (χ4n) is 2.13. The lowest BCUT2D eigenvalue weighted by Gasteiger charge is -2.29. The molecule has 6 heteroatoms. The highest BCUT2D eigenvalue weighted by Crippen LogP contribution is 2.16. The SMILES string of the molecule is N#CC1CCN(C(=O)Cn2cc(Br)ccc2=O)CC1. The lowest BCUT2D eigenvalue weighted by Crippen LogP contribution is -2.41. The second-order valence-electron chi connectivity index (χ2n) is 4.60. The lowest BCUT2D eigenvalue weighted by molar-refractivity contribution is -0.133. The summed E-state index contributed by atoms with van der Waals surface area (Å²) in [5.74, 6) is -0.0192. The Kier molecular flexibility index (Phi) is 4.38. The fraction of sp³-hybridized carbons (Fsp3) is 0.462. The van der Waals surface area contributed by atoms with E-state index in [-0.39, 0.29) is 23.9 Å². The summed E-state index contributed by atoms with van der Waals surface area (Å²) in [7, 11) is 0. The summed E-state index contributed by atoms with van der Waals surface area (Å²) in [6, 6.07) is 5.31. The van der Waals surface area contributed by atoms with Gasteiger partial charge in [0, 0.05) is 35.7 Å². The van der Waals surface area contributed by atoms with Crippen molar-refractivity contribution in [3.8, 4) is 6.07 Å². The largest absolute Gasteiger partial charge is 0.341 e. The molecule has 0 saturated carbocycles. The molecular formula is C13H14BrN3O2. The van der Waals surface area contributed by atoms with Gasteiger partial charge in [0.2, 0.25) is 5.91 Å². The van der Waals surface area contributed by atoms with Gasteiger partial charge in [-0.1, -0.05) is 0 Å². The van der Waals surface area contributed by atoms with Crippen LogP contribution in [0.2, 0.25) is 0 Å². The minimum Gasteiger partial charge on any atom is -0.341 e. The summed E-state index contributed by atoms with van der Waals surface area (Å²) >= 11 is 3.28. The van der Waals surface area contributed by atoms with Crippen LogP contribution in [-0.2, 0) is 11.3 Å². The first-order chi connectivity index (χ1) is 9.10. The third-order valence-electron chi connectivity index (χ3n) is 3.28. The standard InChI is InChI=1S/C13H14BrN3O2/c14-11-1-2-12(18)17(8-11)9-13(19)16-5-3-10(7-15)4-6-16/h1-2,8,10H,3-6,9H2. The van der Waals surface area contributed by atoms with Crippen LogP contribution in [0.5, 0.6) is 0 Å². The normalized spacial score (nSPS) is 16.1. The van der Waals surface area contributed by atoms with Gasteiger partial charge in [-0.3, -0.25) is 9.59 Å². The van der Waals surface area contributed by atoms with Gasteiger partial charge < -0.3 is 9.47 Å². The minimum absolute atomic E-state index is 0.0511. The number of aromatic nitrogens is 1. The molecule has 1 fully saturated rings. The molecule has 1 aliphatic heterocycles. The summed E-state index contributed by atoms with van der Waals surface area (Å²) in [5, 5.41) is 8.81. The zero-order valence-corrected chi connectivity index (χ0v) is 12.0. The first-order valence-corrected chi connectivity index (χ1v) is 6.93. The molecule has 1 amide bonds. The quantitative estimate of drug-likeness (QED) is 0.825. The molecule has 2 heterocycles. The van der Waals surface area contributed by atoms with Crippen LogP contribution in [-0.4, -0.2) is 28.5 Å². The van der Waals surface area contributed by atoms with Crippen LogP contribution < -0.4 is 5.56 Å². The van der Waals surface area contributed by atoms with Gasteiger partial charge in [-0.15, -0.1) is 0 Å². The number of carbonyl (C=O) groups is 1. The van der Waals surface area contributed by atoms with Gasteiger partial charge in [0.1, 0.15) is 6.54 Å². The van der Waals surface area contributed by atoms with Crippen molar-refractivity contribution in [1.82, 2.24) is 9.47 Å². The summed E-state index contributed by atoms with van der Waals surface area (Å²) in [6.07, 6.45) is 3.05. The topological polar surface area (TPSA) is 66.1 Å². The maximum Gasteiger partial charge on any atom is 0.251 e. The number of hydrogen-bond donors (Lipinski definition) is 0. The average molecular weight is 324 g/mol. The summed E-state index contributed by atoms with van der Waals surface area (Å²) < 4.78 is 2.16. The Bertz CT molecular complexity index is 568. The zero-order valence-electron chi connectivity index (χ0n) is 10.4. The molecule has 5 nitrogen and oxygen atoms in total. The number of halogens is 1. The number of nitriles is 1. The summed E-state index contributed by atoms with van der Waals surface area (Å²) in [4.78, 5) is 25.4. The van der Waals surface area contributed by atoms with E-state index < -0.39 is 0 Å². The molecule has 0 spiro atoms. The third-order valence-corrected chi connectivity index (χ3v) is 3.75. The maximum atomic E-state index is 12.1. The van der Waals surface area contributed by atoms with Crippen molar-refractivity contribution in [2.45, 2.75) is 19.4 Å². The second-order valence-corrected chi connectivity index (χ2v) is 5.51. The van der Waals surface area contributed by atoms with E-state index in [9.17, 15) is 9.59 Å². The first-order valence-electron chi connectivity index (χ1n) is 6.13. The van der Waals surface area contributed by atoms with Gasteiger partial charge in [-0.2, -0.15) is 5.26 Å².